The van der Waals surface area contributed by atoms with Gasteiger partial charge in [-0.15, -0.1) is 0 Å². The fraction of sp³-hybridized carbons (Fsp3) is 0.393. The number of piperidine rings is 1. The van der Waals surface area contributed by atoms with Crippen molar-refractivity contribution in [2.75, 3.05) is 24.3 Å². The largest absolute Gasteiger partial charge is 0.481 e. The Bertz CT molecular complexity index is 1460. The first-order chi connectivity index (χ1) is 18.6. The zero-order valence-corrected chi connectivity index (χ0v) is 21.6. The lowest BCUT2D eigenvalue weighted by Gasteiger charge is -2.38. The number of ether oxygens (including phenoxy) is 1. The third kappa shape index (κ3) is 4.85. The lowest BCUT2D eigenvalue weighted by Crippen LogP contribution is -2.47. The number of fused-ring (bicyclic) bond motifs is 3. The topological polar surface area (TPSA) is 128 Å². The zero-order chi connectivity index (χ0) is 26.1. The highest BCUT2D eigenvalue weighted by Crippen LogP contribution is 2.37. The summed E-state index contributed by atoms with van der Waals surface area (Å²) in [7, 11) is 1.61. The summed E-state index contributed by atoms with van der Waals surface area (Å²) in [5, 5.41) is 24.3. The van der Waals surface area contributed by atoms with Crippen LogP contribution in [0.4, 0.5) is 17.6 Å². The number of nitrogens with zero attached hydrogens (tertiary/aromatic N) is 6. The molecule has 1 aromatic carbocycles. The van der Waals surface area contributed by atoms with Crippen LogP contribution in [-0.4, -0.2) is 61.8 Å². The molecule has 0 spiro atoms. The van der Waals surface area contributed by atoms with Gasteiger partial charge in [-0.1, -0.05) is 6.07 Å². The lowest BCUT2D eigenvalue weighted by atomic mass is 9.97. The van der Waals surface area contributed by atoms with Gasteiger partial charge < -0.3 is 15.4 Å². The maximum absolute atomic E-state index is 9.05. The summed E-state index contributed by atoms with van der Waals surface area (Å²) in [6.45, 7) is 2.83. The summed E-state index contributed by atoms with van der Waals surface area (Å²) >= 11 is 0. The summed E-state index contributed by atoms with van der Waals surface area (Å²) in [5.41, 5.74) is 3.81. The van der Waals surface area contributed by atoms with E-state index in [0.717, 1.165) is 47.1 Å². The van der Waals surface area contributed by atoms with Gasteiger partial charge in [-0.05, 0) is 56.4 Å². The molecule has 2 fully saturated rings. The fourth-order valence-corrected chi connectivity index (χ4v) is 5.86. The number of hydrogen-bond acceptors (Lipinski definition) is 9. The van der Waals surface area contributed by atoms with E-state index in [4.69, 9.17) is 20.0 Å². The Morgan fingerprint density at radius 3 is 2.61 bits per heavy atom. The van der Waals surface area contributed by atoms with Crippen molar-refractivity contribution in [2.24, 2.45) is 0 Å². The Labute approximate surface area is 221 Å². The average Bonchev–Trinajstić information content (AvgIpc) is 3.45. The molecule has 3 atom stereocenters. The molecule has 3 N–H and O–H groups in total. The van der Waals surface area contributed by atoms with Gasteiger partial charge >= 0.3 is 0 Å². The molecule has 194 valence electrons. The summed E-state index contributed by atoms with van der Waals surface area (Å²) in [5.74, 6) is 2.60. The van der Waals surface area contributed by atoms with Crippen LogP contribution in [0.5, 0.6) is 5.88 Å². The predicted molar refractivity (Wildman–Crippen MR) is 146 cm³/mol. The number of aryl methyl sites for hydroxylation is 1. The molecule has 10 nitrogen and oxygen atoms in total. The van der Waals surface area contributed by atoms with Gasteiger partial charge in [0.25, 0.3) is 0 Å². The summed E-state index contributed by atoms with van der Waals surface area (Å²) in [6.07, 6.45) is 6.84. The molecule has 0 saturated carbocycles. The Morgan fingerprint density at radius 1 is 1.11 bits per heavy atom. The van der Waals surface area contributed by atoms with Gasteiger partial charge in [0.1, 0.15) is 5.82 Å². The molecule has 10 heteroatoms. The van der Waals surface area contributed by atoms with E-state index in [1.54, 1.807) is 7.11 Å². The first-order valence-electron chi connectivity index (χ1n) is 13.1. The van der Waals surface area contributed by atoms with Crippen LogP contribution < -0.4 is 15.4 Å². The number of methoxy groups -OCH3 is 1. The second kappa shape index (κ2) is 10.3. The molecular weight excluding hydrogens is 478 g/mol. The molecule has 2 aliphatic rings. The van der Waals surface area contributed by atoms with Crippen LogP contribution in [0.25, 0.3) is 22.0 Å². The van der Waals surface area contributed by atoms with E-state index < -0.39 is 0 Å². The molecule has 6 rings (SSSR count). The molecule has 0 aliphatic carbocycles. The fourth-order valence-electron chi connectivity index (χ4n) is 5.86. The minimum Gasteiger partial charge on any atom is -0.481 e. The second-order valence-electron chi connectivity index (χ2n) is 10.1. The number of rotatable bonds is 8. The van der Waals surface area contributed by atoms with E-state index in [1.165, 1.54) is 12.8 Å². The van der Waals surface area contributed by atoms with E-state index in [-0.39, 0.29) is 6.04 Å². The summed E-state index contributed by atoms with van der Waals surface area (Å²) in [4.78, 5) is 16.7. The van der Waals surface area contributed by atoms with Crippen LogP contribution >= 0.6 is 0 Å². The van der Waals surface area contributed by atoms with Crippen molar-refractivity contribution < 1.29 is 4.74 Å². The van der Waals surface area contributed by atoms with Gasteiger partial charge in [0.2, 0.25) is 11.8 Å². The monoisotopic (exact) mass is 509 g/mol. The number of hydrogen-bond donors (Lipinski definition) is 3. The molecule has 0 unspecified atom stereocenters. The molecule has 2 saturated heterocycles. The molecule has 2 aliphatic heterocycles. The maximum atomic E-state index is 9.05. The van der Waals surface area contributed by atoms with E-state index in [0.29, 0.717) is 42.0 Å². The van der Waals surface area contributed by atoms with Crippen molar-refractivity contribution in [2.45, 2.75) is 57.2 Å². The number of pyridine rings is 1. The Balaban J connectivity index is 1.31. The quantitative estimate of drug-likeness (QED) is 0.307. The van der Waals surface area contributed by atoms with Crippen molar-refractivity contribution in [3.63, 3.8) is 0 Å². The van der Waals surface area contributed by atoms with E-state index >= 15 is 0 Å². The molecule has 38 heavy (non-hydrogen) atoms. The third-order valence-corrected chi connectivity index (χ3v) is 7.63. The number of aromatic nitrogens is 5. The number of benzene rings is 1. The van der Waals surface area contributed by atoms with E-state index in [2.05, 4.69) is 48.9 Å². The Hall–Kier alpha value is -4.23. The molecule has 2 bridgehead atoms. The normalized spacial score (nSPS) is 20.8. The highest BCUT2D eigenvalue weighted by atomic mass is 16.5. The Morgan fingerprint density at radius 2 is 1.92 bits per heavy atom. The lowest BCUT2D eigenvalue weighted by molar-refractivity contribution is 0.135. The number of nitriles is 1. The predicted octanol–water partition coefficient (Wildman–Crippen LogP) is 4.80. The van der Waals surface area contributed by atoms with Gasteiger partial charge in [0.15, 0.2) is 5.82 Å². The molecule has 0 amide bonds. The minimum atomic E-state index is 0.290. The molecule has 5 heterocycles. The van der Waals surface area contributed by atoms with Gasteiger partial charge in [-0.2, -0.15) is 15.3 Å². The first-order valence-corrected chi connectivity index (χ1v) is 13.1. The molecule has 3 aromatic heterocycles. The van der Waals surface area contributed by atoms with Crippen LogP contribution in [0.2, 0.25) is 0 Å². The minimum absolute atomic E-state index is 0.290. The van der Waals surface area contributed by atoms with Crippen LogP contribution in [0, 0.1) is 18.3 Å². The SMILES string of the molecule is COc1ccc(-c2ccc3c(Nc4cc(C)[nH]n4)nc(N[C@@H]4C[C@H]5CC[C@@H](C4)N5CCC#N)nc3c2)cn1. The third-order valence-electron chi connectivity index (χ3n) is 7.63. The van der Waals surface area contributed by atoms with Gasteiger partial charge in [0, 0.05) is 66.1 Å². The number of anilines is 3. The highest BCUT2D eigenvalue weighted by molar-refractivity contribution is 5.94. The van der Waals surface area contributed by atoms with Crippen LogP contribution in [0.1, 0.15) is 37.8 Å². The number of aromatic amines is 1. The standard InChI is InChI=1S/C28H31N9O/c1-17-12-25(36-35-17)33-27-23-8-4-18(19-5-9-26(38-2)30-16-19)13-24(23)32-28(34-27)31-20-14-21-6-7-22(15-20)37(21)11-3-10-29/h4-5,8-9,12-13,16,20-22H,3,6-7,11,14-15H2,1-2H3,(H3,31,32,33,34,35,36)/t20-,21-,22+. The van der Waals surface area contributed by atoms with Crippen LogP contribution in [0.3, 0.4) is 0 Å². The summed E-state index contributed by atoms with van der Waals surface area (Å²) in [6, 6.07) is 15.6. The van der Waals surface area contributed by atoms with Gasteiger partial charge in [-0.25, -0.2) is 9.97 Å². The maximum Gasteiger partial charge on any atom is 0.225 e. The molecule has 0 radical (unpaired) electrons. The number of H-pyrrole nitrogens is 1. The number of nitrogens with one attached hydrogen (secondary N) is 3. The van der Waals surface area contributed by atoms with Crippen molar-refractivity contribution in [1.29, 1.82) is 5.26 Å². The highest BCUT2D eigenvalue weighted by Gasteiger charge is 2.40. The van der Waals surface area contributed by atoms with Gasteiger partial charge in [0.05, 0.1) is 18.7 Å². The average molecular weight is 510 g/mol. The van der Waals surface area contributed by atoms with Crippen LogP contribution in [-0.2, 0) is 0 Å². The molecule has 4 aromatic rings. The zero-order valence-electron chi connectivity index (χ0n) is 21.6. The van der Waals surface area contributed by atoms with Crippen molar-refractivity contribution in [3.05, 3.63) is 48.3 Å². The van der Waals surface area contributed by atoms with Crippen molar-refractivity contribution in [1.82, 2.24) is 30.0 Å². The smallest absolute Gasteiger partial charge is 0.225 e. The Kier molecular flexibility index (Phi) is 6.52. The second-order valence-corrected chi connectivity index (χ2v) is 10.1. The van der Waals surface area contributed by atoms with Crippen molar-refractivity contribution >= 4 is 28.5 Å². The van der Waals surface area contributed by atoms with Crippen molar-refractivity contribution in [3.8, 4) is 23.1 Å². The van der Waals surface area contributed by atoms with Gasteiger partial charge in [-0.3, -0.25) is 10.00 Å². The van der Waals surface area contributed by atoms with Crippen LogP contribution in [0.15, 0.2) is 42.6 Å². The molecular formula is C28H31N9O. The first kappa shape index (κ1) is 24.1. The summed E-state index contributed by atoms with van der Waals surface area (Å²) < 4.78 is 5.21. The van der Waals surface area contributed by atoms with E-state index in [9.17, 15) is 0 Å². The van der Waals surface area contributed by atoms with E-state index in [1.807, 2.05) is 37.4 Å².